The smallest absolute Gasteiger partial charge is 0.222 e. The van der Waals surface area contributed by atoms with Crippen LogP contribution in [0.1, 0.15) is 30.9 Å². The van der Waals surface area contributed by atoms with Gasteiger partial charge in [-0.3, -0.25) is 4.79 Å². The summed E-state index contributed by atoms with van der Waals surface area (Å²) in [7, 11) is 1.67. The number of carbonyl (C=O) groups excluding carboxylic acids is 1. The van der Waals surface area contributed by atoms with E-state index in [0.29, 0.717) is 0 Å². The Morgan fingerprint density at radius 1 is 1.53 bits per heavy atom. The lowest BCUT2D eigenvalue weighted by Gasteiger charge is -2.13. The molecule has 1 aliphatic rings. The molecule has 1 atom stereocenters. The van der Waals surface area contributed by atoms with Crippen LogP contribution < -0.4 is 11.1 Å². The molecule has 0 bridgehead atoms. The molecule has 17 heavy (non-hydrogen) atoms. The molecule has 2 rings (SSSR count). The van der Waals surface area contributed by atoms with Crippen LogP contribution in [0.3, 0.4) is 0 Å². The summed E-state index contributed by atoms with van der Waals surface area (Å²) in [5, 5.41) is 2.68. The molecule has 1 amide bonds. The van der Waals surface area contributed by atoms with Crippen molar-refractivity contribution in [3.8, 4) is 0 Å². The van der Waals surface area contributed by atoms with Crippen molar-refractivity contribution < 1.29 is 4.79 Å². The van der Waals surface area contributed by atoms with E-state index in [1.807, 2.05) is 13.0 Å². The molecule has 3 heteroatoms. The zero-order valence-electron chi connectivity index (χ0n) is 10.5. The molecule has 1 unspecified atom stereocenters. The molecule has 1 aromatic rings. The van der Waals surface area contributed by atoms with Gasteiger partial charge in [0.25, 0.3) is 0 Å². The Labute approximate surface area is 102 Å². The van der Waals surface area contributed by atoms with E-state index >= 15 is 0 Å². The van der Waals surface area contributed by atoms with Gasteiger partial charge < -0.3 is 11.1 Å². The van der Waals surface area contributed by atoms with Gasteiger partial charge in [-0.15, -0.1) is 0 Å². The second kappa shape index (κ2) is 4.49. The molecule has 3 N–H and O–H groups in total. The fourth-order valence-corrected chi connectivity index (χ4v) is 2.12. The average Bonchev–Trinajstić information content (AvgIpc) is 3.08. The summed E-state index contributed by atoms with van der Waals surface area (Å²) in [6, 6.07) is 8.33. The maximum Gasteiger partial charge on any atom is 0.222 e. The number of hydrogen-bond donors (Lipinski definition) is 2. The van der Waals surface area contributed by atoms with Gasteiger partial charge in [-0.25, -0.2) is 0 Å². The van der Waals surface area contributed by atoms with Crippen molar-refractivity contribution in [1.29, 1.82) is 0 Å². The van der Waals surface area contributed by atoms with E-state index in [0.717, 1.165) is 19.3 Å². The van der Waals surface area contributed by atoms with Crippen LogP contribution in [0.2, 0.25) is 0 Å². The molecule has 92 valence electrons. The van der Waals surface area contributed by atoms with Crippen molar-refractivity contribution in [2.24, 2.45) is 11.7 Å². The molecule has 0 heterocycles. The molecular formula is C14H20N2O. The van der Waals surface area contributed by atoms with E-state index in [1.165, 1.54) is 11.1 Å². The van der Waals surface area contributed by atoms with Crippen molar-refractivity contribution >= 4 is 5.91 Å². The number of benzene rings is 1. The Morgan fingerprint density at radius 3 is 2.82 bits per heavy atom. The highest BCUT2D eigenvalue weighted by molar-refractivity contribution is 5.78. The van der Waals surface area contributed by atoms with E-state index in [2.05, 4.69) is 23.5 Å². The highest BCUT2D eigenvalue weighted by atomic mass is 16.1. The summed E-state index contributed by atoms with van der Waals surface area (Å²) in [6.45, 7) is 1.95. The molecule has 0 spiro atoms. The van der Waals surface area contributed by atoms with Gasteiger partial charge in [-0.2, -0.15) is 0 Å². The first kappa shape index (κ1) is 12.1. The fraction of sp³-hybridized carbons (Fsp3) is 0.500. The first-order chi connectivity index (χ1) is 8.05. The lowest BCUT2D eigenvalue weighted by Crippen LogP contribution is -2.26. The molecule has 0 radical (unpaired) electrons. The molecule has 1 saturated carbocycles. The summed E-state index contributed by atoms with van der Waals surface area (Å²) >= 11 is 0. The second-order valence-electron chi connectivity index (χ2n) is 5.08. The molecule has 0 aliphatic heterocycles. The molecule has 1 aliphatic carbocycles. The number of carbonyl (C=O) groups is 1. The summed E-state index contributed by atoms with van der Waals surface area (Å²) in [5.74, 6) is 0.0902. The van der Waals surface area contributed by atoms with Crippen molar-refractivity contribution in [2.75, 3.05) is 7.05 Å². The summed E-state index contributed by atoms with van der Waals surface area (Å²) in [6.07, 6.45) is 2.91. The third-order valence-corrected chi connectivity index (χ3v) is 3.53. The quantitative estimate of drug-likeness (QED) is 0.827. The van der Waals surface area contributed by atoms with Crippen molar-refractivity contribution in [2.45, 2.75) is 31.7 Å². The van der Waals surface area contributed by atoms with E-state index < -0.39 is 0 Å². The fourth-order valence-electron chi connectivity index (χ4n) is 2.12. The Kier molecular flexibility index (Phi) is 3.20. The lowest BCUT2D eigenvalue weighted by molar-refractivity contribution is -0.123. The molecule has 3 nitrogen and oxygen atoms in total. The minimum absolute atomic E-state index is 0.00294. The van der Waals surface area contributed by atoms with Gasteiger partial charge in [0.05, 0.1) is 0 Å². The molecule has 1 fully saturated rings. The summed E-state index contributed by atoms with van der Waals surface area (Å²) in [4.78, 5) is 11.5. The molecule has 1 aromatic carbocycles. The maximum absolute atomic E-state index is 11.5. The van der Waals surface area contributed by atoms with Crippen LogP contribution in [0.25, 0.3) is 0 Å². The van der Waals surface area contributed by atoms with Crippen LogP contribution in [-0.4, -0.2) is 13.0 Å². The molecule has 0 saturated heterocycles. The van der Waals surface area contributed by atoms with E-state index in [-0.39, 0.29) is 17.4 Å². The van der Waals surface area contributed by atoms with Gasteiger partial charge in [0.2, 0.25) is 5.91 Å². The van der Waals surface area contributed by atoms with Crippen LogP contribution in [-0.2, 0) is 16.8 Å². The minimum Gasteiger partial charge on any atom is -0.359 e. The van der Waals surface area contributed by atoms with E-state index in [4.69, 9.17) is 5.73 Å². The Morgan fingerprint density at radius 2 is 2.24 bits per heavy atom. The summed E-state index contributed by atoms with van der Waals surface area (Å²) in [5.41, 5.74) is 8.48. The zero-order chi connectivity index (χ0) is 12.5. The maximum atomic E-state index is 11.5. The number of hydrogen-bond acceptors (Lipinski definition) is 2. The second-order valence-corrected chi connectivity index (χ2v) is 5.08. The van der Waals surface area contributed by atoms with Gasteiger partial charge in [-0.05, 0) is 30.4 Å². The van der Waals surface area contributed by atoms with Crippen LogP contribution in [0, 0.1) is 5.92 Å². The zero-order valence-corrected chi connectivity index (χ0v) is 10.5. The summed E-state index contributed by atoms with van der Waals surface area (Å²) < 4.78 is 0. The first-order valence-corrected chi connectivity index (χ1v) is 6.15. The third kappa shape index (κ3) is 2.67. The van der Waals surface area contributed by atoms with Crippen molar-refractivity contribution in [1.82, 2.24) is 5.32 Å². The monoisotopic (exact) mass is 232 g/mol. The van der Waals surface area contributed by atoms with Gasteiger partial charge >= 0.3 is 0 Å². The third-order valence-electron chi connectivity index (χ3n) is 3.53. The Balaban J connectivity index is 2.09. The van der Waals surface area contributed by atoms with Crippen molar-refractivity contribution in [3.63, 3.8) is 0 Å². The van der Waals surface area contributed by atoms with Gasteiger partial charge in [0, 0.05) is 18.5 Å². The van der Waals surface area contributed by atoms with Gasteiger partial charge in [0.15, 0.2) is 0 Å². The van der Waals surface area contributed by atoms with Crippen LogP contribution in [0.15, 0.2) is 24.3 Å². The largest absolute Gasteiger partial charge is 0.359 e. The predicted molar refractivity (Wildman–Crippen MR) is 68.5 cm³/mol. The topological polar surface area (TPSA) is 55.1 Å². The highest BCUT2D eigenvalue weighted by Crippen LogP contribution is 2.42. The van der Waals surface area contributed by atoms with E-state index in [1.54, 1.807) is 7.05 Å². The first-order valence-electron chi connectivity index (χ1n) is 6.15. The highest BCUT2D eigenvalue weighted by Gasteiger charge is 2.39. The standard InChI is InChI=1S/C14H20N2O/c1-10(13(17)16-2)8-11-4-3-5-12(9-11)14(15)6-7-14/h3-5,9-10H,6-8,15H2,1-2H3,(H,16,17). The van der Waals surface area contributed by atoms with Crippen LogP contribution >= 0.6 is 0 Å². The number of nitrogens with two attached hydrogens (primary N) is 1. The number of amides is 1. The predicted octanol–water partition coefficient (Wildman–Crippen LogP) is 1.56. The molecular weight excluding hydrogens is 212 g/mol. The Hall–Kier alpha value is -1.35. The Bertz CT molecular complexity index is 424. The average molecular weight is 232 g/mol. The van der Waals surface area contributed by atoms with E-state index in [9.17, 15) is 4.79 Å². The van der Waals surface area contributed by atoms with Crippen LogP contribution in [0.4, 0.5) is 0 Å². The SMILES string of the molecule is CNC(=O)C(C)Cc1cccc(C2(N)CC2)c1. The lowest BCUT2D eigenvalue weighted by atomic mass is 9.96. The van der Waals surface area contributed by atoms with Gasteiger partial charge in [-0.1, -0.05) is 31.2 Å². The van der Waals surface area contributed by atoms with Gasteiger partial charge in [0.1, 0.15) is 0 Å². The normalized spacial score (nSPS) is 18.5. The van der Waals surface area contributed by atoms with Crippen molar-refractivity contribution in [3.05, 3.63) is 35.4 Å². The minimum atomic E-state index is -0.0910. The number of rotatable bonds is 4. The van der Waals surface area contributed by atoms with Crippen LogP contribution in [0.5, 0.6) is 0 Å². The number of nitrogens with one attached hydrogen (secondary N) is 1. The molecule has 0 aromatic heterocycles.